The summed E-state index contributed by atoms with van der Waals surface area (Å²) in [4.78, 5) is 23.0. The molecule has 0 aromatic heterocycles. The molecule has 35 heavy (non-hydrogen) atoms. The number of carboxylic acids is 1. The third-order valence-electron chi connectivity index (χ3n) is 6.62. The van der Waals surface area contributed by atoms with E-state index in [4.69, 9.17) is 19.3 Å². The maximum Gasteiger partial charge on any atom is 0.407 e. The van der Waals surface area contributed by atoms with Gasteiger partial charge in [0, 0.05) is 12.5 Å². The molecule has 2 atom stereocenters. The molecule has 2 aliphatic rings. The van der Waals surface area contributed by atoms with E-state index in [0.717, 1.165) is 50.8 Å². The van der Waals surface area contributed by atoms with Crippen molar-refractivity contribution in [2.24, 2.45) is 0 Å². The van der Waals surface area contributed by atoms with Crippen LogP contribution in [0, 0.1) is 0 Å². The molecule has 196 valence electrons. The second-order valence-electron chi connectivity index (χ2n) is 10.6. The summed E-state index contributed by atoms with van der Waals surface area (Å²) in [6.45, 7) is 7.51. The van der Waals surface area contributed by atoms with Crippen LogP contribution in [0.2, 0.25) is 0 Å². The zero-order valence-electron chi connectivity index (χ0n) is 21.4. The van der Waals surface area contributed by atoms with Crippen LogP contribution >= 0.6 is 0 Å². The number of para-hydroxylation sites is 1. The lowest BCUT2D eigenvalue weighted by atomic mass is 9.82. The molecule has 1 aromatic carbocycles. The maximum atomic E-state index is 12.3. The summed E-state index contributed by atoms with van der Waals surface area (Å²) in [5.41, 5.74) is 0.690. The van der Waals surface area contributed by atoms with Crippen LogP contribution in [0.4, 0.5) is 4.79 Å². The lowest BCUT2D eigenvalue weighted by Gasteiger charge is -2.36. The minimum absolute atomic E-state index is 0.0000849. The van der Waals surface area contributed by atoms with Crippen LogP contribution in [0.25, 0.3) is 0 Å². The molecule has 0 radical (unpaired) electrons. The largest absolute Gasteiger partial charge is 0.493 e. The summed E-state index contributed by atoms with van der Waals surface area (Å²) in [5, 5.41) is 15.3. The summed E-state index contributed by atoms with van der Waals surface area (Å²) in [6.07, 6.45) is 6.40. The van der Waals surface area contributed by atoms with E-state index in [1.54, 1.807) is 0 Å². The van der Waals surface area contributed by atoms with Gasteiger partial charge in [-0.05, 0) is 89.8 Å². The van der Waals surface area contributed by atoms with Crippen molar-refractivity contribution >= 4 is 12.1 Å². The minimum atomic E-state index is -0.796. The molecule has 0 spiro atoms. The summed E-state index contributed by atoms with van der Waals surface area (Å²) in [5.74, 6) is 0.486. The van der Waals surface area contributed by atoms with Crippen molar-refractivity contribution in [2.75, 3.05) is 19.8 Å². The van der Waals surface area contributed by atoms with Gasteiger partial charge in [0.1, 0.15) is 11.4 Å². The second kappa shape index (κ2) is 13.1. The Bertz CT molecular complexity index is 816. The third-order valence-corrected chi connectivity index (χ3v) is 6.62. The lowest BCUT2D eigenvalue weighted by Crippen LogP contribution is -2.56. The molecule has 2 fully saturated rings. The van der Waals surface area contributed by atoms with Gasteiger partial charge in [-0.3, -0.25) is 4.79 Å². The topological polar surface area (TPSA) is 106 Å². The van der Waals surface area contributed by atoms with Crippen molar-refractivity contribution in [1.82, 2.24) is 10.6 Å². The molecule has 1 aromatic rings. The molecule has 3 rings (SSSR count). The Balaban J connectivity index is 1.45. The zero-order chi connectivity index (χ0) is 25.3. The molecule has 3 N–H and O–H groups in total. The Morgan fingerprint density at radius 2 is 1.86 bits per heavy atom. The summed E-state index contributed by atoms with van der Waals surface area (Å²) in [7, 11) is 0. The van der Waals surface area contributed by atoms with E-state index in [1.165, 1.54) is 5.56 Å². The Labute approximate surface area is 209 Å². The molecule has 1 aliphatic carbocycles. The molecule has 1 heterocycles. The SMILES string of the molecule is CC(C)(C)OC(=O)NC1CCCNC1CO[C@H]1CC[C@@H](c2ccccc2OCCCC(=O)O)CC1. The fraction of sp³-hybridized carbons (Fsp3) is 0.704. The molecule has 8 nitrogen and oxygen atoms in total. The van der Waals surface area contributed by atoms with Crippen LogP contribution in [0.5, 0.6) is 5.75 Å². The van der Waals surface area contributed by atoms with Gasteiger partial charge in [-0.2, -0.15) is 0 Å². The minimum Gasteiger partial charge on any atom is -0.493 e. The van der Waals surface area contributed by atoms with Gasteiger partial charge in [-0.1, -0.05) is 18.2 Å². The molecule has 1 saturated carbocycles. The number of ether oxygens (including phenoxy) is 3. The Morgan fingerprint density at radius 3 is 2.57 bits per heavy atom. The molecule has 2 unspecified atom stereocenters. The fourth-order valence-corrected chi connectivity index (χ4v) is 4.89. The Morgan fingerprint density at radius 1 is 1.11 bits per heavy atom. The predicted octanol–water partition coefficient (Wildman–Crippen LogP) is 4.62. The number of carbonyl (C=O) groups is 2. The highest BCUT2D eigenvalue weighted by Gasteiger charge is 2.30. The number of alkyl carbamates (subject to hydrolysis) is 1. The summed E-state index contributed by atoms with van der Waals surface area (Å²) >= 11 is 0. The number of nitrogens with one attached hydrogen (secondary N) is 2. The van der Waals surface area contributed by atoms with Gasteiger partial charge in [0.25, 0.3) is 0 Å². The van der Waals surface area contributed by atoms with Crippen molar-refractivity contribution in [1.29, 1.82) is 0 Å². The first-order valence-corrected chi connectivity index (χ1v) is 13.0. The van der Waals surface area contributed by atoms with E-state index >= 15 is 0 Å². The first-order valence-electron chi connectivity index (χ1n) is 13.0. The Hall–Kier alpha value is -2.32. The molecule has 1 aliphatic heterocycles. The molecular formula is C27H42N2O6. The highest BCUT2D eigenvalue weighted by Crippen LogP contribution is 2.38. The van der Waals surface area contributed by atoms with Crippen LogP contribution in [-0.2, 0) is 14.3 Å². The van der Waals surface area contributed by atoms with E-state index in [1.807, 2.05) is 39.0 Å². The van der Waals surface area contributed by atoms with Gasteiger partial charge in [-0.15, -0.1) is 0 Å². The van der Waals surface area contributed by atoms with Gasteiger partial charge < -0.3 is 30.0 Å². The first-order chi connectivity index (χ1) is 16.7. The average molecular weight is 491 g/mol. The number of hydrogen-bond donors (Lipinski definition) is 3. The number of rotatable bonds is 10. The van der Waals surface area contributed by atoms with Crippen LogP contribution in [0.1, 0.15) is 83.6 Å². The molecule has 8 heteroatoms. The van der Waals surface area contributed by atoms with E-state index in [0.29, 0.717) is 25.6 Å². The smallest absolute Gasteiger partial charge is 0.407 e. The summed E-state index contributed by atoms with van der Waals surface area (Å²) in [6, 6.07) is 8.18. The highest BCUT2D eigenvalue weighted by molar-refractivity contribution is 5.68. The number of carbonyl (C=O) groups excluding carboxylic acids is 1. The van der Waals surface area contributed by atoms with E-state index in [-0.39, 0.29) is 30.7 Å². The van der Waals surface area contributed by atoms with Crippen molar-refractivity contribution in [3.8, 4) is 5.75 Å². The van der Waals surface area contributed by atoms with Crippen molar-refractivity contribution < 1.29 is 28.9 Å². The maximum absolute atomic E-state index is 12.3. The molecule has 1 amide bonds. The van der Waals surface area contributed by atoms with Gasteiger partial charge in [0.2, 0.25) is 0 Å². The normalized spacial score (nSPS) is 25.0. The second-order valence-corrected chi connectivity index (χ2v) is 10.6. The van der Waals surface area contributed by atoms with E-state index in [9.17, 15) is 9.59 Å². The summed E-state index contributed by atoms with van der Waals surface area (Å²) < 4.78 is 17.7. The monoisotopic (exact) mass is 490 g/mol. The fourth-order valence-electron chi connectivity index (χ4n) is 4.89. The first kappa shape index (κ1) is 27.3. The number of piperidine rings is 1. The van der Waals surface area contributed by atoms with Crippen LogP contribution in [0.3, 0.4) is 0 Å². The van der Waals surface area contributed by atoms with Gasteiger partial charge in [-0.25, -0.2) is 4.79 Å². The van der Waals surface area contributed by atoms with Crippen molar-refractivity contribution in [3.63, 3.8) is 0 Å². The number of aliphatic carboxylic acids is 1. The van der Waals surface area contributed by atoms with Crippen molar-refractivity contribution in [2.45, 2.75) is 102 Å². The van der Waals surface area contributed by atoms with Crippen LogP contribution < -0.4 is 15.4 Å². The van der Waals surface area contributed by atoms with E-state index in [2.05, 4.69) is 16.7 Å². The van der Waals surface area contributed by atoms with Gasteiger partial charge in [0.05, 0.1) is 25.4 Å². The predicted molar refractivity (Wildman–Crippen MR) is 134 cm³/mol. The van der Waals surface area contributed by atoms with Crippen molar-refractivity contribution in [3.05, 3.63) is 29.8 Å². The number of benzene rings is 1. The number of amides is 1. The van der Waals surface area contributed by atoms with Gasteiger partial charge in [0.15, 0.2) is 0 Å². The zero-order valence-corrected chi connectivity index (χ0v) is 21.4. The lowest BCUT2D eigenvalue weighted by molar-refractivity contribution is -0.137. The Kier molecular flexibility index (Phi) is 10.2. The molecule has 0 bridgehead atoms. The number of carboxylic acid groups (broad SMARTS) is 1. The standard InChI is InChI=1S/C27H42N2O6/c1-27(2,3)35-26(32)29-22-9-6-16-28-23(22)18-34-20-14-12-19(13-15-20)21-8-4-5-10-24(21)33-17-7-11-25(30)31/h4-5,8,10,19-20,22-23,28H,6-7,9,11-18H2,1-3H3,(H,29,32)(H,30,31)/t19-,20+,22?,23?. The van der Waals surface area contributed by atoms with E-state index < -0.39 is 11.6 Å². The van der Waals surface area contributed by atoms with Crippen LogP contribution in [-0.4, -0.2) is 60.7 Å². The number of hydrogen-bond acceptors (Lipinski definition) is 6. The van der Waals surface area contributed by atoms with Crippen LogP contribution in [0.15, 0.2) is 24.3 Å². The quantitative estimate of drug-likeness (QED) is 0.411. The highest BCUT2D eigenvalue weighted by atomic mass is 16.6. The molecule has 1 saturated heterocycles. The third kappa shape index (κ3) is 9.33. The van der Waals surface area contributed by atoms with Gasteiger partial charge >= 0.3 is 12.1 Å². The molecular weight excluding hydrogens is 448 g/mol. The average Bonchev–Trinajstić information content (AvgIpc) is 2.80.